The molecule has 140 valence electrons. The average molecular weight is 450 g/mol. The standard InChI is InChI=1S/C20H18BrClN2O3/c1-12(14-5-2-3-6-17(14)22)23-18(25)7-4-10-24-19(26)15-9-8-13(21)11-16(15)20(24)27/h2-3,5-6,8-9,11-12H,4,7,10H2,1H3,(H,23,25). The Balaban J connectivity index is 1.53. The smallest absolute Gasteiger partial charge is 0.261 e. The van der Waals surface area contributed by atoms with Gasteiger partial charge in [-0.15, -0.1) is 0 Å². The van der Waals surface area contributed by atoms with Gasteiger partial charge in [-0.05, 0) is 43.2 Å². The second-order valence-corrected chi connectivity index (χ2v) is 7.69. The number of amides is 3. The lowest BCUT2D eigenvalue weighted by Crippen LogP contribution is -2.32. The first-order valence-corrected chi connectivity index (χ1v) is 9.75. The molecule has 1 heterocycles. The quantitative estimate of drug-likeness (QED) is 0.667. The van der Waals surface area contributed by atoms with Crippen LogP contribution in [0, 0.1) is 0 Å². The number of nitrogens with one attached hydrogen (secondary N) is 1. The minimum Gasteiger partial charge on any atom is -0.350 e. The lowest BCUT2D eigenvalue weighted by molar-refractivity contribution is -0.121. The summed E-state index contributed by atoms with van der Waals surface area (Å²) in [5, 5.41) is 3.49. The maximum atomic E-state index is 12.4. The molecule has 1 unspecified atom stereocenters. The van der Waals surface area contributed by atoms with Crippen molar-refractivity contribution in [1.82, 2.24) is 10.2 Å². The lowest BCUT2D eigenvalue weighted by Gasteiger charge is -2.17. The number of imide groups is 1. The Labute approximate surface area is 170 Å². The number of halogens is 2. The third-order valence-electron chi connectivity index (χ3n) is 4.47. The molecule has 7 heteroatoms. The Bertz CT molecular complexity index is 916. The van der Waals surface area contributed by atoms with Crippen LogP contribution >= 0.6 is 27.5 Å². The van der Waals surface area contributed by atoms with Crippen LogP contribution in [-0.2, 0) is 4.79 Å². The number of benzene rings is 2. The third kappa shape index (κ3) is 4.22. The lowest BCUT2D eigenvalue weighted by atomic mass is 10.1. The Morgan fingerprint density at radius 3 is 2.59 bits per heavy atom. The molecule has 0 saturated carbocycles. The van der Waals surface area contributed by atoms with Gasteiger partial charge in [0.25, 0.3) is 11.8 Å². The molecule has 2 aromatic rings. The van der Waals surface area contributed by atoms with Crippen molar-refractivity contribution in [1.29, 1.82) is 0 Å². The van der Waals surface area contributed by atoms with Gasteiger partial charge in [0.15, 0.2) is 0 Å². The number of rotatable bonds is 6. The van der Waals surface area contributed by atoms with Gasteiger partial charge in [-0.1, -0.05) is 45.7 Å². The minimum atomic E-state index is -0.318. The summed E-state index contributed by atoms with van der Waals surface area (Å²) in [5.74, 6) is -0.782. The van der Waals surface area contributed by atoms with Gasteiger partial charge in [-0.2, -0.15) is 0 Å². The number of hydrogen-bond acceptors (Lipinski definition) is 3. The topological polar surface area (TPSA) is 66.5 Å². The highest BCUT2D eigenvalue weighted by Crippen LogP contribution is 2.26. The van der Waals surface area contributed by atoms with E-state index < -0.39 is 0 Å². The molecule has 2 aromatic carbocycles. The molecule has 1 atom stereocenters. The van der Waals surface area contributed by atoms with Crippen LogP contribution in [0.5, 0.6) is 0 Å². The fourth-order valence-corrected chi connectivity index (χ4v) is 3.74. The fraction of sp³-hybridized carbons (Fsp3) is 0.250. The van der Waals surface area contributed by atoms with Crippen molar-refractivity contribution >= 4 is 45.3 Å². The van der Waals surface area contributed by atoms with Crippen LogP contribution < -0.4 is 5.32 Å². The van der Waals surface area contributed by atoms with E-state index in [9.17, 15) is 14.4 Å². The molecule has 0 aliphatic carbocycles. The molecule has 0 fully saturated rings. The predicted octanol–water partition coefficient (Wildman–Crippen LogP) is 4.36. The number of hydrogen-bond donors (Lipinski definition) is 1. The van der Waals surface area contributed by atoms with E-state index in [-0.39, 0.29) is 36.7 Å². The van der Waals surface area contributed by atoms with Crippen LogP contribution in [0.2, 0.25) is 5.02 Å². The normalized spacial score (nSPS) is 14.3. The highest BCUT2D eigenvalue weighted by molar-refractivity contribution is 9.10. The van der Waals surface area contributed by atoms with E-state index in [0.29, 0.717) is 22.6 Å². The SMILES string of the molecule is CC(NC(=O)CCCN1C(=O)c2ccc(Br)cc2C1=O)c1ccccc1Cl. The molecule has 3 rings (SSSR count). The fourth-order valence-electron chi connectivity index (χ4n) is 3.08. The molecule has 0 aromatic heterocycles. The molecular weight excluding hydrogens is 432 g/mol. The van der Waals surface area contributed by atoms with Gasteiger partial charge in [0.2, 0.25) is 5.91 Å². The van der Waals surface area contributed by atoms with Crippen LogP contribution in [0.15, 0.2) is 46.9 Å². The molecule has 0 saturated heterocycles. The van der Waals surface area contributed by atoms with Crippen LogP contribution in [-0.4, -0.2) is 29.2 Å². The van der Waals surface area contributed by atoms with E-state index >= 15 is 0 Å². The number of nitrogens with zero attached hydrogens (tertiary/aromatic N) is 1. The van der Waals surface area contributed by atoms with Crippen LogP contribution in [0.25, 0.3) is 0 Å². The Morgan fingerprint density at radius 1 is 1.15 bits per heavy atom. The second kappa shape index (κ2) is 8.23. The zero-order valence-corrected chi connectivity index (χ0v) is 17.0. The van der Waals surface area contributed by atoms with Gasteiger partial charge >= 0.3 is 0 Å². The Kier molecular flexibility index (Phi) is 5.97. The number of carbonyl (C=O) groups excluding carboxylic acids is 3. The van der Waals surface area contributed by atoms with Crippen LogP contribution in [0.3, 0.4) is 0 Å². The largest absolute Gasteiger partial charge is 0.350 e. The van der Waals surface area contributed by atoms with Crippen LogP contribution in [0.4, 0.5) is 0 Å². The van der Waals surface area contributed by atoms with E-state index in [4.69, 9.17) is 11.6 Å². The van der Waals surface area contributed by atoms with Crippen LogP contribution in [0.1, 0.15) is 52.1 Å². The molecule has 1 aliphatic rings. The molecule has 0 bridgehead atoms. The third-order valence-corrected chi connectivity index (χ3v) is 5.30. The molecule has 1 N–H and O–H groups in total. The Morgan fingerprint density at radius 2 is 1.85 bits per heavy atom. The predicted molar refractivity (Wildman–Crippen MR) is 107 cm³/mol. The highest BCUT2D eigenvalue weighted by Gasteiger charge is 2.35. The highest BCUT2D eigenvalue weighted by atomic mass is 79.9. The second-order valence-electron chi connectivity index (χ2n) is 6.37. The first kappa shape index (κ1) is 19.6. The van der Waals surface area contributed by atoms with Crippen molar-refractivity contribution < 1.29 is 14.4 Å². The summed E-state index contributed by atoms with van der Waals surface area (Å²) in [6.45, 7) is 2.07. The van der Waals surface area contributed by atoms with Crippen molar-refractivity contribution in [2.75, 3.05) is 6.54 Å². The number of fused-ring (bicyclic) bond motifs is 1. The first-order chi connectivity index (χ1) is 12.9. The Hall–Kier alpha value is -2.18. The van der Waals surface area contributed by atoms with Crippen molar-refractivity contribution in [3.63, 3.8) is 0 Å². The van der Waals surface area contributed by atoms with E-state index in [0.717, 1.165) is 10.0 Å². The van der Waals surface area contributed by atoms with Crippen molar-refractivity contribution in [3.8, 4) is 0 Å². The summed E-state index contributed by atoms with van der Waals surface area (Å²) in [7, 11) is 0. The van der Waals surface area contributed by atoms with Crippen molar-refractivity contribution in [2.24, 2.45) is 0 Å². The maximum Gasteiger partial charge on any atom is 0.261 e. The average Bonchev–Trinajstić information content (AvgIpc) is 2.86. The zero-order valence-electron chi connectivity index (χ0n) is 14.7. The zero-order chi connectivity index (χ0) is 19.6. The summed E-state index contributed by atoms with van der Waals surface area (Å²) in [6, 6.07) is 12.1. The molecule has 0 radical (unpaired) electrons. The first-order valence-electron chi connectivity index (χ1n) is 8.58. The van der Waals surface area contributed by atoms with E-state index in [2.05, 4.69) is 21.2 Å². The minimum absolute atomic E-state index is 0.151. The molecule has 5 nitrogen and oxygen atoms in total. The summed E-state index contributed by atoms with van der Waals surface area (Å²) in [5.41, 5.74) is 1.64. The van der Waals surface area contributed by atoms with Gasteiger partial charge < -0.3 is 5.32 Å². The maximum absolute atomic E-state index is 12.4. The van der Waals surface area contributed by atoms with E-state index in [1.807, 2.05) is 25.1 Å². The number of carbonyl (C=O) groups is 3. The molecule has 27 heavy (non-hydrogen) atoms. The van der Waals surface area contributed by atoms with Crippen molar-refractivity contribution in [2.45, 2.75) is 25.8 Å². The summed E-state index contributed by atoms with van der Waals surface area (Å²) >= 11 is 9.45. The van der Waals surface area contributed by atoms with Gasteiger partial charge in [0.05, 0.1) is 17.2 Å². The molecular formula is C20H18BrClN2O3. The van der Waals surface area contributed by atoms with Gasteiger partial charge in [0, 0.05) is 22.5 Å². The summed E-state index contributed by atoms with van der Waals surface area (Å²) < 4.78 is 0.747. The monoisotopic (exact) mass is 448 g/mol. The molecule has 1 aliphatic heterocycles. The molecule has 0 spiro atoms. The van der Waals surface area contributed by atoms with E-state index in [1.165, 1.54) is 4.90 Å². The van der Waals surface area contributed by atoms with Gasteiger partial charge in [-0.3, -0.25) is 19.3 Å². The molecule has 3 amide bonds. The van der Waals surface area contributed by atoms with Crippen molar-refractivity contribution in [3.05, 3.63) is 68.7 Å². The van der Waals surface area contributed by atoms with Gasteiger partial charge in [0.1, 0.15) is 0 Å². The summed E-state index contributed by atoms with van der Waals surface area (Å²) in [6.07, 6.45) is 0.611. The van der Waals surface area contributed by atoms with E-state index in [1.54, 1.807) is 24.3 Å². The summed E-state index contributed by atoms with van der Waals surface area (Å²) in [4.78, 5) is 38.2. The van der Waals surface area contributed by atoms with Gasteiger partial charge in [-0.25, -0.2) is 0 Å².